The molecule has 1 atom stereocenters. The van der Waals surface area contributed by atoms with Crippen molar-refractivity contribution in [2.24, 2.45) is 0 Å². The number of carbonyl (C=O) groups excluding carboxylic acids is 1. The highest BCUT2D eigenvalue weighted by atomic mass is 32.2. The van der Waals surface area contributed by atoms with Gasteiger partial charge in [-0.3, -0.25) is 4.79 Å². The van der Waals surface area contributed by atoms with Crippen LogP contribution in [0.2, 0.25) is 0 Å². The van der Waals surface area contributed by atoms with Crippen molar-refractivity contribution in [1.29, 1.82) is 0 Å². The van der Waals surface area contributed by atoms with E-state index in [1.54, 1.807) is 31.2 Å². The van der Waals surface area contributed by atoms with Crippen molar-refractivity contribution in [1.82, 2.24) is 10.0 Å². The number of phenolic OH excluding ortho intramolecular Hbond substituents is 1. The number of rotatable bonds is 8. The van der Waals surface area contributed by atoms with E-state index in [0.717, 1.165) is 29.8 Å². The number of halogens is 1. The zero-order valence-corrected chi connectivity index (χ0v) is 15.1. The molecule has 1 amide bonds. The van der Waals surface area contributed by atoms with Crippen molar-refractivity contribution in [3.63, 3.8) is 0 Å². The maximum Gasteiger partial charge on any atom is 0.241 e. The van der Waals surface area contributed by atoms with E-state index in [9.17, 15) is 22.7 Å². The number of hydrogen-bond donors (Lipinski definition) is 3. The quantitative estimate of drug-likeness (QED) is 0.652. The normalized spacial score (nSPS) is 12.5. The third-order valence-corrected chi connectivity index (χ3v) is 5.28. The number of amides is 1. The Morgan fingerprint density at radius 3 is 2.31 bits per heavy atom. The van der Waals surface area contributed by atoms with E-state index in [4.69, 9.17) is 0 Å². The lowest BCUT2D eigenvalue weighted by atomic mass is 10.1. The zero-order chi connectivity index (χ0) is 19.2. The Morgan fingerprint density at radius 2 is 1.73 bits per heavy atom. The van der Waals surface area contributed by atoms with Crippen LogP contribution in [0.1, 0.15) is 18.9 Å². The van der Waals surface area contributed by atoms with Crippen LogP contribution in [0.25, 0.3) is 0 Å². The lowest BCUT2D eigenvalue weighted by Gasteiger charge is -2.17. The second kappa shape index (κ2) is 8.77. The molecule has 0 saturated heterocycles. The summed E-state index contributed by atoms with van der Waals surface area (Å²) in [6.07, 6.45) is 0.818. The van der Waals surface area contributed by atoms with Crippen molar-refractivity contribution in [3.8, 4) is 5.75 Å². The minimum absolute atomic E-state index is 0.103. The molecule has 0 radical (unpaired) electrons. The number of nitrogens with one attached hydrogen (secondary N) is 2. The molecule has 2 rings (SSSR count). The maximum absolute atomic E-state index is 12.9. The van der Waals surface area contributed by atoms with Crippen LogP contribution in [-0.2, 0) is 21.2 Å². The van der Waals surface area contributed by atoms with Crippen LogP contribution < -0.4 is 10.0 Å². The zero-order valence-electron chi connectivity index (χ0n) is 14.3. The van der Waals surface area contributed by atoms with Gasteiger partial charge in [-0.05, 0) is 54.8 Å². The standard InChI is InChI=1S/C18H21FN2O4S/c1-2-17(21-26(24,25)16-9-5-14(19)6-10-16)18(23)20-12-11-13-3-7-15(22)8-4-13/h3-10,17,21-22H,2,11-12H2,1H3,(H,20,23). The van der Waals surface area contributed by atoms with Crippen LogP contribution in [0.15, 0.2) is 53.4 Å². The molecular formula is C18H21FN2O4S. The van der Waals surface area contributed by atoms with Crippen LogP contribution in [0, 0.1) is 5.82 Å². The fourth-order valence-corrected chi connectivity index (χ4v) is 3.59. The molecule has 0 spiro atoms. The largest absolute Gasteiger partial charge is 0.508 e. The summed E-state index contributed by atoms with van der Waals surface area (Å²) < 4.78 is 39.9. The van der Waals surface area contributed by atoms with Gasteiger partial charge in [0.25, 0.3) is 0 Å². The summed E-state index contributed by atoms with van der Waals surface area (Å²) in [6.45, 7) is 2.02. The Labute approximate surface area is 152 Å². The van der Waals surface area contributed by atoms with Crippen LogP contribution in [0.4, 0.5) is 4.39 Å². The Hall–Kier alpha value is -2.45. The van der Waals surface area contributed by atoms with Crippen molar-refractivity contribution in [3.05, 3.63) is 59.9 Å². The molecule has 26 heavy (non-hydrogen) atoms. The monoisotopic (exact) mass is 380 g/mol. The molecule has 0 bridgehead atoms. The van der Waals surface area contributed by atoms with Crippen molar-refractivity contribution < 1.29 is 22.7 Å². The topological polar surface area (TPSA) is 95.5 Å². The average Bonchev–Trinajstić information content (AvgIpc) is 2.61. The van der Waals surface area contributed by atoms with Crippen LogP contribution in [-0.4, -0.2) is 32.0 Å². The van der Waals surface area contributed by atoms with Gasteiger partial charge in [-0.15, -0.1) is 0 Å². The maximum atomic E-state index is 12.9. The molecule has 2 aromatic rings. The molecule has 0 aliphatic heterocycles. The summed E-state index contributed by atoms with van der Waals surface area (Å²) in [5, 5.41) is 11.9. The predicted octanol–water partition coefficient (Wildman–Crippen LogP) is 1.95. The van der Waals surface area contributed by atoms with Gasteiger partial charge >= 0.3 is 0 Å². The molecule has 0 saturated carbocycles. The molecule has 0 heterocycles. The van der Waals surface area contributed by atoms with Crippen molar-refractivity contribution >= 4 is 15.9 Å². The van der Waals surface area contributed by atoms with E-state index in [1.165, 1.54) is 0 Å². The average molecular weight is 380 g/mol. The first-order chi connectivity index (χ1) is 12.3. The van der Waals surface area contributed by atoms with Gasteiger partial charge in [-0.2, -0.15) is 4.72 Å². The molecule has 1 unspecified atom stereocenters. The number of aromatic hydroxyl groups is 1. The second-order valence-corrected chi connectivity index (χ2v) is 7.46. The number of carbonyl (C=O) groups is 1. The summed E-state index contributed by atoms with van der Waals surface area (Å²) in [6, 6.07) is 10.1. The molecule has 0 aliphatic rings. The lowest BCUT2D eigenvalue weighted by molar-refractivity contribution is -0.122. The van der Waals surface area contributed by atoms with Gasteiger partial charge < -0.3 is 10.4 Å². The van der Waals surface area contributed by atoms with E-state index >= 15 is 0 Å². The van der Waals surface area contributed by atoms with E-state index in [-0.39, 0.29) is 17.1 Å². The Balaban J connectivity index is 1.93. The molecule has 140 valence electrons. The SMILES string of the molecule is CCC(NS(=O)(=O)c1ccc(F)cc1)C(=O)NCCc1ccc(O)cc1. The Bertz CT molecular complexity index is 836. The number of hydrogen-bond acceptors (Lipinski definition) is 4. The highest BCUT2D eigenvalue weighted by molar-refractivity contribution is 7.89. The summed E-state index contributed by atoms with van der Waals surface area (Å²) in [7, 11) is -3.92. The predicted molar refractivity (Wildman–Crippen MR) is 95.6 cm³/mol. The number of benzene rings is 2. The highest BCUT2D eigenvalue weighted by Crippen LogP contribution is 2.12. The number of phenols is 1. The molecule has 0 aliphatic carbocycles. The van der Waals surface area contributed by atoms with E-state index in [0.29, 0.717) is 13.0 Å². The third kappa shape index (κ3) is 5.53. The van der Waals surface area contributed by atoms with Crippen molar-refractivity contribution in [2.45, 2.75) is 30.7 Å². The molecular weight excluding hydrogens is 359 g/mol. The van der Waals surface area contributed by atoms with Crippen molar-refractivity contribution in [2.75, 3.05) is 6.54 Å². The first-order valence-corrected chi connectivity index (χ1v) is 9.63. The van der Waals surface area contributed by atoms with Gasteiger partial charge in [0, 0.05) is 6.54 Å². The minimum atomic E-state index is -3.92. The molecule has 3 N–H and O–H groups in total. The smallest absolute Gasteiger partial charge is 0.241 e. The number of sulfonamides is 1. The molecule has 0 fully saturated rings. The Morgan fingerprint density at radius 1 is 1.12 bits per heavy atom. The highest BCUT2D eigenvalue weighted by Gasteiger charge is 2.24. The summed E-state index contributed by atoms with van der Waals surface area (Å²) in [5.74, 6) is -0.807. The van der Waals surface area contributed by atoms with E-state index in [1.807, 2.05) is 0 Å². The fourth-order valence-electron chi connectivity index (χ4n) is 2.31. The lowest BCUT2D eigenvalue weighted by Crippen LogP contribution is -2.46. The molecule has 6 nitrogen and oxygen atoms in total. The summed E-state index contributed by atoms with van der Waals surface area (Å²) >= 11 is 0. The van der Waals surface area contributed by atoms with Gasteiger partial charge in [0.05, 0.1) is 4.90 Å². The van der Waals surface area contributed by atoms with Gasteiger partial charge in [0.15, 0.2) is 0 Å². The van der Waals surface area contributed by atoms with Gasteiger partial charge in [-0.25, -0.2) is 12.8 Å². The van der Waals surface area contributed by atoms with Crippen LogP contribution in [0.5, 0.6) is 5.75 Å². The van der Waals surface area contributed by atoms with Gasteiger partial charge in [-0.1, -0.05) is 19.1 Å². The van der Waals surface area contributed by atoms with E-state index in [2.05, 4.69) is 10.0 Å². The third-order valence-electron chi connectivity index (χ3n) is 3.80. The van der Waals surface area contributed by atoms with Crippen LogP contribution in [0.3, 0.4) is 0 Å². The molecule has 2 aromatic carbocycles. The van der Waals surface area contributed by atoms with Crippen LogP contribution >= 0.6 is 0 Å². The van der Waals surface area contributed by atoms with Gasteiger partial charge in [0.1, 0.15) is 17.6 Å². The fraction of sp³-hybridized carbons (Fsp3) is 0.278. The molecule has 0 aromatic heterocycles. The molecule has 8 heteroatoms. The minimum Gasteiger partial charge on any atom is -0.508 e. The van der Waals surface area contributed by atoms with Gasteiger partial charge in [0.2, 0.25) is 15.9 Å². The Kier molecular flexibility index (Phi) is 6.70. The second-order valence-electron chi connectivity index (χ2n) is 5.74. The first kappa shape index (κ1) is 19.9. The summed E-state index contributed by atoms with van der Waals surface area (Å²) in [4.78, 5) is 12.1. The first-order valence-electron chi connectivity index (χ1n) is 8.15. The van der Waals surface area contributed by atoms with E-state index < -0.39 is 27.8 Å². The summed E-state index contributed by atoms with van der Waals surface area (Å²) in [5.41, 5.74) is 0.933.